The number of nitrogens with two attached hydrogens (primary N) is 1. The van der Waals surface area contributed by atoms with Gasteiger partial charge >= 0.3 is 0 Å². The van der Waals surface area contributed by atoms with Gasteiger partial charge in [-0.15, -0.1) is 0 Å². The number of aryl methyl sites for hydroxylation is 1. The summed E-state index contributed by atoms with van der Waals surface area (Å²) in [6.07, 6.45) is 0. The third-order valence-corrected chi connectivity index (χ3v) is 3.25. The Morgan fingerprint density at radius 3 is 2.60 bits per heavy atom. The average molecular weight is 271 g/mol. The fraction of sp³-hybridized carbons (Fsp3) is 0.294. The van der Waals surface area contributed by atoms with Gasteiger partial charge in [-0.3, -0.25) is 0 Å². The van der Waals surface area contributed by atoms with Crippen LogP contribution in [0.4, 0.5) is 0 Å². The Labute approximate surface area is 120 Å². The smallest absolute Gasteiger partial charge is 0.122 e. The summed E-state index contributed by atoms with van der Waals surface area (Å²) < 4.78 is 11.1. The maximum Gasteiger partial charge on any atom is 0.122 e. The summed E-state index contributed by atoms with van der Waals surface area (Å²) in [5.41, 5.74) is 9.18. The molecule has 106 valence electrons. The number of hydrogen-bond acceptors (Lipinski definition) is 3. The molecule has 2 N–H and O–H groups in total. The van der Waals surface area contributed by atoms with E-state index in [0.29, 0.717) is 6.61 Å². The third kappa shape index (κ3) is 3.52. The highest BCUT2D eigenvalue weighted by Crippen LogP contribution is 2.23. The maximum atomic E-state index is 5.87. The fourth-order valence-corrected chi connectivity index (χ4v) is 2.04. The summed E-state index contributed by atoms with van der Waals surface area (Å²) in [5.74, 6) is 1.73. The predicted molar refractivity (Wildman–Crippen MR) is 81.1 cm³/mol. The zero-order chi connectivity index (χ0) is 14.5. The van der Waals surface area contributed by atoms with Gasteiger partial charge in [0.2, 0.25) is 0 Å². The largest absolute Gasteiger partial charge is 0.497 e. The second kappa shape index (κ2) is 6.44. The van der Waals surface area contributed by atoms with Crippen molar-refractivity contribution in [3.8, 4) is 11.5 Å². The van der Waals surface area contributed by atoms with Crippen molar-refractivity contribution in [1.29, 1.82) is 0 Å². The van der Waals surface area contributed by atoms with Crippen LogP contribution in [0, 0.1) is 6.92 Å². The van der Waals surface area contributed by atoms with Crippen LogP contribution in [-0.4, -0.2) is 7.11 Å². The lowest BCUT2D eigenvalue weighted by Gasteiger charge is -2.12. The maximum absolute atomic E-state index is 5.87. The molecule has 0 amide bonds. The van der Waals surface area contributed by atoms with Gasteiger partial charge in [0.25, 0.3) is 0 Å². The van der Waals surface area contributed by atoms with Crippen molar-refractivity contribution >= 4 is 0 Å². The SMILES string of the molecule is COc1cccc(COc2ccc([C@H](C)N)cc2C)c1. The van der Waals surface area contributed by atoms with Crippen molar-refractivity contribution in [3.63, 3.8) is 0 Å². The van der Waals surface area contributed by atoms with Crippen molar-refractivity contribution in [2.24, 2.45) is 5.73 Å². The number of rotatable bonds is 5. The van der Waals surface area contributed by atoms with Crippen LogP contribution < -0.4 is 15.2 Å². The van der Waals surface area contributed by atoms with Crippen molar-refractivity contribution in [2.45, 2.75) is 26.5 Å². The lowest BCUT2D eigenvalue weighted by Crippen LogP contribution is -2.05. The molecule has 0 heterocycles. The molecule has 0 spiro atoms. The summed E-state index contributed by atoms with van der Waals surface area (Å²) in [5, 5.41) is 0. The zero-order valence-corrected chi connectivity index (χ0v) is 12.2. The fourth-order valence-electron chi connectivity index (χ4n) is 2.04. The molecule has 2 rings (SSSR count). The molecule has 0 aliphatic heterocycles. The van der Waals surface area contributed by atoms with Crippen LogP contribution in [0.2, 0.25) is 0 Å². The van der Waals surface area contributed by atoms with E-state index in [2.05, 4.69) is 6.07 Å². The summed E-state index contributed by atoms with van der Waals surface area (Å²) >= 11 is 0. The summed E-state index contributed by atoms with van der Waals surface area (Å²) in [6.45, 7) is 4.54. The average Bonchev–Trinajstić information content (AvgIpc) is 2.46. The van der Waals surface area contributed by atoms with E-state index in [9.17, 15) is 0 Å². The summed E-state index contributed by atoms with van der Waals surface area (Å²) in [4.78, 5) is 0. The zero-order valence-electron chi connectivity index (χ0n) is 12.2. The first-order chi connectivity index (χ1) is 9.60. The van der Waals surface area contributed by atoms with E-state index < -0.39 is 0 Å². The first-order valence-electron chi connectivity index (χ1n) is 6.72. The Hall–Kier alpha value is -2.00. The molecule has 3 nitrogen and oxygen atoms in total. The Morgan fingerprint density at radius 1 is 1.15 bits per heavy atom. The van der Waals surface area contributed by atoms with Gasteiger partial charge in [-0.05, 0) is 48.7 Å². The van der Waals surface area contributed by atoms with E-state index in [0.717, 1.165) is 28.2 Å². The quantitative estimate of drug-likeness (QED) is 0.903. The number of ether oxygens (including phenoxy) is 2. The first kappa shape index (κ1) is 14.4. The molecule has 0 saturated heterocycles. The van der Waals surface area contributed by atoms with Gasteiger partial charge in [0.05, 0.1) is 7.11 Å². The Morgan fingerprint density at radius 2 is 1.95 bits per heavy atom. The molecule has 3 heteroatoms. The third-order valence-electron chi connectivity index (χ3n) is 3.25. The van der Waals surface area contributed by atoms with Gasteiger partial charge in [0.15, 0.2) is 0 Å². The molecule has 0 aromatic heterocycles. The van der Waals surface area contributed by atoms with Crippen molar-refractivity contribution in [1.82, 2.24) is 0 Å². The molecular weight excluding hydrogens is 250 g/mol. The standard InChI is InChI=1S/C17H21NO2/c1-12-9-15(13(2)18)7-8-17(12)20-11-14-5-4-6-16(10-14)19-3/h4-10,13H,11,18H2,1-3H3/t13-/m0/s1. The molecule has 20 heavy (non-hydrogen) atoms. The molecular formula is C17H21NO2. The van der Waals surface area contributed by atoms with E-state index in [1.807, 2.05) is 50.2 Å². The Balaban J connectivity index is 2.07. The summed E-state index contributed by atoms with van der Waals surface area (Å²) in [7, 11) is 1.66. The van der Waals surface area contributed by atoms with Crippen LogP contribution >= 0.6 is 0 Å². The van der Waals surface area contributed by atoms with Gasteiger partial charge in [-0.1, -0.05) is 24.3 Å². The first-order valence-corrected chi connectivity index (χ1v) is 6.72. The highest BCUT2D eigenvalue weighted by Gasteiger charge is 2.05. The van der Waals surface area contributed by atoms with E-state index in [1.54, 1.807) is 7.11 Å². The minimum atomic E-state index is 0.0427. The number of hydrogen-bond donors (Lipinski definition) is 1. The van der Waals surface area contributed by atoms with Crippen LogP contribution in [0.5, 0.6) is 11.5 Å². The minimum Gasteiger partial charge on any atom is -0.497 e. The normalized spacial score (nSPS) is 12.0. The van der Waals surface area contributed by atoms with E-state index in [-0.39, 0.29) is 6.04 Å². The lowest BCUT2D eigenvalue weighted by atomic mass is 10.1. The van der Waals surface area contributed by atoms with Crippen LogP contribution in [0.1, 0.15) is 29.7 Å². The molecule has 0 radical (unpaired) electrons. The van der Waals surface area contributed by atoms with Gasteiger partial charge in [-0.25, -0.2) is 0 Å². The van der Waals surface area contributed by atoms with Gasteiger partial charge in [0.1, 0.15) is 18.1 Å². The van der Waals surface area contributed by atoms with E-state index in [1.165, 1.54) is 0 Å². The molecule has 1 atom stereocenters. The molecule has 0 aliphatic carbocycles. The van der Waals surface area contributed by atoms with Gasteiger partial charge < -0.3 is 15.2 Å². The van der Waals surface area contributed by atoms with Gasteiger partial charge in [0, 0.05) is 6.04 Å². The second-order valence-corrected chi connectivity index (χ2v) is 4.95. The molecule has 0 unspecified atom stereocenters. The predicted octanol–water partition coefficient (Wildman–Crippen LogP) is 3.60. The van der Waals surface area contributed by atoms with Crippen LogP contribution in [0.3, 0.4) is 0 Å². The minimum absolute atomic E-state index is 0.0427. The van der Waals surface area contributed by atoms with E-state index >= 15 is 0 Å². The summed E-state index contributed by atoms with van der Waals surface area (Å²) in [6, 6.07) is 14.0. The van der Waals surface area contributed by atoms with Gasteiger partial charge in [-0.2, -0.15) is 0 Å². The Kier molecular flexibility index (Phi) is 4.64. The topological polar surface area (TPSA) is 44.5 Å². The highest BCUT2D eigenvalue weighted by molar-refractivity contribution is 5.37. The molecule has 2 aromatic carbocycles. The highest BCUT2D eigenvalue weighted by atomic mass is 16.5. The molecule has 2 aromatic rings. The molecule has 0 bridgehead atoms. The van der Waals surface area contributed by atoms with Crippen LogP contribution in [0.15, 0.2) is 42.5 Å². The van der Waals surface area contributed by atoms with Crippen LogP contribution in [0.25, 0.3) is 0 Å². The number of methoxy groups -OCH3 is 1. The number of benzene rings is 2. The van der Waals surface area contributed by atoms with E-state index in [4.69, 9.17) is 15.2 Å². The van der Waals surface area contributed by atoms with Crippen LogP contribution in [-0.2, 0) is 6.61 Å². The molecule has 0 saturated carbocycles. The Bertz CT molecular complexity index is 579. The monoisotopic (exact) mass is 271 g/mol. The molecule has 0 aliphatic rings. The van der Waals surface area contributed by atoms with Crippen molar-refractivity contribution < 1.29 is 9.47 Å². The second-order valence-electron chi connectivity index (χ2n) is 4.95. The van der Waals surface area contributed by atoms with Crippen molar-refractivity contribution in [3.05, 3.63) is 59.2 Å². The molecule has 0 fully saturated rings. The van der Waals surface area contributed by atoms with Crippen molar-refractivity contribution in [2.75, 3.05) is 7.11 Å². The lowest BCUT2D eigenvalue weighted by molar-refractivity contribution is 0.303.